The zero-order valence-corrected chi connectivity index (χ0v) is 22.1. The van der Waals surface area contributed by atoms with E-state index in [0.29, 0.717) is 16.9 Å². The maximum absolute atomic E-state index is 12.7. The van der Waals surface area contributed by atoms with Crippen molar-refractivity contribution in [2.75, 3.05) is 26.4 Å². The fourth-order valence-electron chi connectivity index (χ4n) is 2.90. The van der Waals surface area contributed by atoms with Crippen molar-refractivity contribution in [1.29, 1.82) is 0 Å². The normalized spacial score (nSPS) is 10.1. The lowest BCUT2D eigenvalue weighted by Crippen LogP contribution is -2.16. The Balaban J connectivity index is 2.22. The summed E-state index contributed by atoms with van der Waals surface area (Å²) in [6, 6.07) is 10.8. The highest BCUT2D eigenvalue weighted by Crippen LogP contribution is 2.26. The molecular formula is C29H30O10. The fourth-order valence-corrected chi connectivity index (χ4v) is 2.90. The quantitative estimate of drug-likeness (QED) is 0.120. The molecule has 206 valence electrons. The minimum absolute atomic E-state index is 0.0425. The smallest absolute Gasteiger partial charge is 0.338 e. The van der Waals surface area contributed by atoms with E-state index in [-0.39, 0.29) is 61.1 Å². The van der Waals surface area contributed by atoms with Gasteiger partial charge in [0.25, 0.3) is 0 Å². The maximum atomic E-state index is 12.7. The first kappa shape index (κ1) is 30.5. The van der Waals surface area contributed by atoms with Gasteiger partial charge < -0.3 is 23.7 Å². The van der Waals surface area contributed by atoms with Gasteiger partial charge in [0.2, 0.25) is 0 Å². The number of hydrogen-bond donors (Lipinski definition) is 0. The SMILES string of the molecule is C=C(C)C(=O)OCCOC(=O)c1cc(C(=O)OCCOC(=O)C(=C)C)cc(-c2ccc(OC(=O)CC)cc2)c1. The highest BCUT2D eigenvalue weighted by atomic mass is 16.6. The van der Waals surface area contributed by atoms with Gasteiger partial charge in [-0.15, -0.1) is 0 Å². The Kier molecular flexibility index (Phi) is 11.6. The lowest BCUT2D eigenvalue weighted by Gasteiger charge is -2.12. The molecule has 0 bridgehead atoms. The van der Waals surface area contributed by atoms with Crippen molar-refractivity contribution in [2.24, 2.45) is 0 Å². The second-order valence-electron chi connectivity index (χ2n) is 8.26. The van der Waals surface area contributed by atoms with E-state index < -0.39 is 23.9 Å². The highest BCUT2D eigenvalue weighted by Gasteiger charge is 2.17. The first-order chi connectivity index (χ1) is 18.5. The molecule has 0 N–H and O–H groups in total. The fraction of sp³-hybridized carbons (Fsp3) is 0.276. The Bertz CT molecular complexity index is 1190. The molecule has 0 atom stereocenters. The Morgan fingerprint density at radius 2 is 1.08 bits per heavy atom. The number of hydrogen-bond acceptors (Lipinski definition) is 10. The second-order valence-corrected chi connectivity index (χ2v) is 8.26. The monoisotopic (exact) mass is 538 g/mol. The van der Waals surface area contributed by atoms with Gasteiger partial charge in [-0.2, -0.15) is 0 Å². The molecule has 0 aliphatic carbocycles. The summed E-state index contributed by atoms with van der Waals surface area (Å²) < 4.78 is 25.4. The number of carbonyl (C=O) groups is 5. The Labute approximate surface area is 226 Å². The minimum Gasteiger partial charge on any atom is -0.459 e. The van der Waals surface area contributed by atoms with Crippen LogP contribution in [0.2, 0.25) is 0 Å². The van der Waals surface area contributed by atoms with E-state index in [0.717, 1.165) is 0 Å². The lowest BCUT2D eigenvalue weighted by atomic mass is 9.99. The molecule has 0 fully saturated rings. The molecule has 2 aromatic rings. The van der Waals surface area contributed by atoms with Crippen LogP contribution in [0.4, 0.5) is 0 Å². The van der Waals surface area contributed by atoms with E-state index in [1.807, 2.05) is 0 Å². The highest BCUT2D eigenvalue weighted by molar-refractivity contribution is 5.97. The molecule has 10 heteroatoms. The Morgan fingerprint density at radius 3 is 1.49 bits per heavy atom. The van der Waals surface area contributed by atoms with Gasteiger partial charge in [0, 0.05) is 17.6 Å². The largest absolute Gasteiger partial charge is 0.459 e. The van der Waals surface area contributed by atoms with Crippen LogP contribution in [0.3, 0.4) is 0 Å². The van der Waals surface area contributed by atoms with Crippen molar-refractivity contribution in [1.82, 2.24) is 0 Å². The number of rotatable bonds is 13. The topological polar surface area (TPSA) is 132 Å². The molecule has 0 spiro atoms. The number of esters is 5. The Morgan fingerprint density at radius 1 is 0.641 bits per heavy atom. The van der Waals surface area contributed by atoms with Crippen LogP contribution in [0.5, 0.6) is 5.75 Å². The van der Waals surface area contributed by atoms with E-state index in [1.165, 1.54) is 32.0 Å². The van der Waals surface area contributed by atoms with Gasteiger partial charge in [0.05, 0.1) is 11.1 Å². The average Bonchev–Trinajstić information content (AvgIpc) is 2.92. The molecule has 0 aliphatic rings. The standard InChI is InChI=1S/C29H30O10/c1-6-25(30)39-24-9-7-20(8-10-24)21-15-22(28(33)37-13-11-35-26(31)18(2)3)17-23(16-21)29(34)38-14-12-36-27(32)19(4)5/h7-10,15-17H,2,4,6,11-14H2,1,3,5H3. The van der Waals surface area contributed by atoms with E-state index in [9.17, 15) is 24.0 Å². The zero-order valence-electron chi connectivity index (χ0n) is 22.1. The zero-order chi connectivity index (χ0) is 28.9. The lowest BCUT2D eigenvalue weighted by molar-refractivity contribution is -0.140. The van der Waals surface area contributed by atoms with Crippen molar-refractivity contribution in [3.63, 3.8) is 0 Å². The molecule has 10 nitrogen and oxygen atoms in total. The van der Waals surface area contributed by atoms with Crippen molar-refractivity contribution < 1.29 is 47.7 Å². The third-order valence-electron chi connectivity index (χ3n) is 4.91. The predicted octanol–water partition coefficient (Wildman–Crippen LogP) is 4.22. The summed E-state index contributed by atoms with van der Waals surface area (Å²) in [5.41, 5.74) is 1.60. The van der Waals surface area contributed by atoms with Crippen LogP contribution in [-0.2, 0) is 33.3 Å². The van der Waals surface area contributed by atoms with E-state index in [1.54, 1.807) is 31.2 Å². The molecule has 0 saturated heterocycles. The third-order valence-corrected chi connectivity index (χ3v) is 4.91. The second kappa shape index (κ2) is 14.9. The van der Waals surface area contributed by atoms with Crippen molar-refractivity contribution in [3.8, 4) is 16.9 Å². The van der Waals surface area contributed by atoms with Gasteiger partial charge in [-0.1, -0.05) is 32.2 Å². The van der Waals surface area contributed by atoms with Crippen LogP contribution in [0.1, 0.15) is 47.9 Å². The van der Waals surface area contributed by atoms with Crippen LogP contribution in [0, 0.1) is 0 Å². The van der Waals surface area contributed by atoms with Gasteiger partial charge >= 0.3 is 29.8 Å². The summed E-state index contributed by atoms with van der Waals surface area (Å²) in [6.45, 7) is 10.8. The average molecular weight is 539 g/mol. The van der Waals surface area contributed by atoms with E-state index in [4.69, 9.17) is 23.7 Å². The molecule has 0 aliphatic heterocycles. The number of carbonyl (C=O) groups excluding carboxylic acids is 5. The van der Waals surface area contributed by atoms with Crippen molar-refractivity contribution >= 4 is 29.8 Å². The molecular weight excluding hydrogens is 508 g/mol. The number of ether oxygens (including phenoxy) is 5. The summed E-state index contributed by atoms with van der Waals surface area (Å²) >= 11 is 0. The van der Waals surface area contributed by atoms with Crippen LogP contribution in [0.25, 0.3) is 11.1 Å². The molecule has 39 heavy (non-hydrogen) atoms. The molecule has 0 amide bonds. The van der Waals surface area contributed by atoms with E-state index >= 15 is 0 Å². The minimum atomic E-state index is -0.763. The summed E-state index contributed by atoms with van der Waals surface area (Å²) in [6.07, 6.45) is 0.218. The first-order valence-corrected chi connectivity index (χ1v) is 12.0. The third kappa shape index (κ3) is 9.92. The Hall–Kier alpha value is -4.73. The predicted molar refractivity (Wildman–Crippen MR) is 140 cm³/mol. The van der Waals surface area contributed by atoms with Gasteiger partial charge in [0.15, 0.2) is 0 Å². The van der Waals surface area contributed by atoms with E-state index in [2.05, 4.69) is 13.2 Å². The first-order valence-electron chi connectivity index (χ1n) is 12.0. The maximum Gasteiger partial charge on any atom is 0.338 e. The van der Waals surface area contributed by atoms with Crippen LogP contribution >= 0.6 is 0 Å². The molecule has 0 heterocycles. The van der Waals surface area contributed by atoms with Gasteiger partial charge in [0.1, 0.15) is 32.2 Å². The summed E-state index contributed by atoms with van der Waals surface area (Å²) in [5.74, 6) is -2.79. The van der Waals surface area contributed by atoms with Crippen molar-refractivity contribution in [3.05, 3.63) is 77.9 Å². The van der Waals surface area contributed by atoms with Crippen LogP contribution < -0.4 is 4.74 Å². The van der Waals surface area contributed by atoms with Crippen LogP contribution in [-0.4, -0.2) is 56.3 Å². The van der Waals surface area contributed by atoms with Crippen LogP contribution in [0.15, 0.2) is 66.8 Å². The van der Waals surface area contributed by atoms with Gasteiger partial charge in [-0.3, -0.25) is 4.79 Å². The molecule has 2 aromatic carbocycles. The summed E-state index contributed by atoms with van der Waals surface area (Å²) in [4.78, 5) is 60.0. The number of benzene rings is 2. The van der Waals surface area contributed by atoms with Crippen molar-refractivity contribution in [2.45, 2.75) is 27.2 Å². The molecule has 2 rings (SSSR count). The van der Waals surface area contributed by atoms with Gasteiger partial charge in [-0.05, 0) is 55.3 Å². The molecule has 0 radical (unpaired) electrons. The molecule has 0 unspecified atom stereocenters. The summed E-state index contributed by atoms with van der Waals surface area (Å²) in [5, 5.41) is 0. The summed E-state index contributed by atoms with van der Waals surface area (Å²) in [7, 11) is 0. The molecule has 0 saturated carbocycles. The van der Waals surface area contributed by atoms with Gasteiger partial charge in [-0.25, -0.2) is 19.2 Å². The molecule has 0 aromatic heterocycles.